The van der Waals surface area contributed by atoms with Gasteiger partial charge < -0.3 is 4.90 Å². The molecule has 0 aliphatic carbocycles. The van der Waals surface area contributed by atoms with Gasteiger partial charge in [-0.2, -0.15) is 0 Å². The van der Waals surface area contributed by atoms with Crippen molar-refractivity contribution in [2.24, 2.45) is 0 Å². The van der Waals surface area contributed by atoms with Gasteiger partial charge in [0, 0.05) is 34.9 Å². The Labute approximate surface area is 117 Å². The van der Waals surface area contributed by atoms with E-state index in [2.05, 4.69) is 56.7 Å². The van der Waals surface area contributed by atoms with Gasteiger partial charge in [-0.25, -0.2) is 0 Å². The monoisotopic (exact) mass is 342 g/mol. The van der Waals surface area contributed by atoms with Crippen molar-refractivity contribution in [2.75, 3.05) is 31.1 Å². The maximum Gasteiger partial charge on any atom is 0.0377 e. The molecule has 2 nitrogen and oxygen atoms in total. The molecular weight excluding hydrogens is 323 g/mol. The largest absolute Gasteiger partial charge is 0.369 e. The highest BCUT2D eigenvalue weighted by Gasteiger charge is 2.28. The van der Waals surface area contributed by atoms with E-state index in [1.54, 1.807) is 0 Å². The second-order valence-corrected chi connectivity index (χ2v) is 6.36. The molecule has 17 heavy (non-hydrogen) atoms. The third-order valence-electron chi connectivity index (χ3n) is 4.01. The highest BCUT2D eigenvalue weighted by atomic mass is 127. The second-order valence-electron chi connectivity index (χ2n) is 5.11. The average Bonchev–Trinajstić information content (AvgIpc) is 2.38. The molecule has 0 spiro atoms. The van der Waals surface area contributed by atoms with Crippen molar-refractivity contribution in [1.29, 1.82) is 0 Å². The molecular formula is C14H19IN2. The van der Waals surface area contributed by atoms with Gasteiger partial charge in [-0.05, 0) is 60.2 Å². The summed E-state index contributed by atoms with van der Waals surface area (Å²) < 4.78 is 1.34. The average molecular weight is 342 g/mol. The van der Waals surface area contributed by atoms with Crippen molar-refractivity contribution < 1.29 is 0 Å². The molecule has 0 N–H and O–H groups in total. The number of piperazine rings is 1. The van der Waals surface area contributed by atoms with E-state index < -0.39 is 0 Å². The molecule has 2 aliphatic rings. The summed E-state index contributed by atoms with van der Waals surface area (Å²) in [7, 11) is 0. The van der Waals surface area contributed by atoms with Gasteiger partial charge in [0.25, 0.3) is 0 Å². The maximum absolute atomic E-state index is 2.69. The van der Waals surface area contributed by atoms with Crippen molar-refractivity contribution in [3.05, 3.63) is 27.8 Å². The first-order valence-electron chi connectivity index (χ1n) is 6.57. The van der Waals surface area contributed by atoms with E-state index >= 15 is 0 Å². The fraction of sp³-hybridized carbons (Fsp3) is 0.571. The third kappa shape index (κ3) is 2.60. The summed E-state index contributed by atoms with van der Waals surface area (Å²) in [6.45, 7) is 4.98. The zero-order chi connectivity index (χ0) is 11.7. The SMILES string of the molecule is Ic1cccc(N2CCN3CCCCC3C2)c1. The van der Waals surface area contributed by atoms with Gasteiger partial charge in [0.2, 0.25) is 0 Å². The molecule has 1 aromatic rings. The van der Waals surface area contributed by atoms with Crippen LogP contribution in [0.15, 0.2) is 24.3 Å². The quantitative estimate of drug-likeness (QED) is 0.724. The molecule has 1 aromatic carbocycles. The minimum atomic E-state index is 0.801. The Morgan fingerprint density at radius 3 is 2.94 bits per heavy atom. The van der Waals surface area contributed by atoms with E-state index in [1.807, 2.05) is 0 Å². The molecule has 2 heterocycles. The van der Waals surface area contributed by atoms with Gasteiger partial charge in [0.1, 0.15) is 0 Å². The number of nitrogens with zero attached hydrogens (tertiary/aromatic N) is 2. The van der Waals surface area contributed by atoms with Crippen LogP contribution in [0.25, 0.3) is 0 Å². The Balaban J connectivity index is 1.73. The van der Waals surface area contributed by atoms with Crippen LogP contribution in [0, 0.1) is 3.57 Å². The summed E-state index contributed by atoms with van der Waals surface area (Å²) >= 11 is 2.40. The molecule has 1 unspecified atom stereocenters. The first-order valence-corrected chi connectivity index (χ1v) is 7.65. The van der Waals surface area contributed by atoms with Crippen LogP contribution in [0.4, 0.5) is 5.69 Å². The molecule has 0 amide bonds. The Kier molecular flexibility index (Phi) is 3.56. The smallest absolute Gasteiger partial charge is 0.0377 e. The number of hydrogen-bond acceptors (Lipinski definition) is 2. The molecule has 2 fully saturated rings. The lowest BCUT2D eigenvalue weighted by molar-refractivity contribution is 0.133. The predicted molar refractivity (Wildman–Crippen MR) is 80.6 cm³/mol. The predicted octanol–water partition coefficient (Wildman–Crippen LogP) is 2.97. The lowest BCUT2D eigenvalue weighted by Gasteiger charge is -2.45. The highest BCUT2D eigenvalue weighted by molar-refractivity contribution is 14.1. The first-order chi connectivity index (χ1) is 8.33. The van der Waals surface area contributed by atoms with Crippen LogP contribution in [0.5, 0.6) is 0 Å². The van der Waals surface area contributed by atoms with Gasteiger partial charge in [-0.1, -0.05) is 12.5 Å². The lowest BCUT2D eigenvalue weighted by Crippen LogP contribution is -2.54. The Morgan fingerprint density at radius 1 is 1.12 bits per heavy atom. The van der Waals surface area contributed by atoms with E-state index in [0.717, 1.165) is 6.04 Å². The standard InChI is InChI=1S/C14H19IN2/c15-12-4-3-6-13(10-12)17-9-8-16-7-2-1-5-14(16)11-17/h3-4,6,10,14H,1-2,5,7-9,11H2. The summed E-state index contributed by atoms with van der Waals surface area (Å²) in [5, 5.41) is 0. The topological polar surface area (TPSA) is 6.48 Å². The zero-order valence-corrected chi connectivity index (χ0v) is 12.3. The fourth-order valence-corrected chi connectivity index (χ4v) is 3.59. The van der Waals surface area contributed by atoms with E-state index in [1.165, 1.54) is 54.7 Å². The lowest BCUT2D eigenvalue weighted by atomic mass is 9.99. The van der Waals surface area contributed by atoms with Crippen LogP contribution < -0.4 is 4.90 Å². The summed E-state index contributed by atoms with van der Waals surface area (Å²) in [5.41, 5.74) is 1.40. The highest BCUT2D eigenvalue weighted by Crippen LogP contribution is 2.25. The Morgan fingerprint density at radius 2 is 2.06 bits per heavy atom. The van der Waals surface area contributed by atoms with Crippen LogP contribution in [0.2, 0.25) is 0 Å². The Bertz CT molecular complexity index is 394. The van der Waals surface area contributed by atoms with Crippen molar-refractivity contribution >= 4 is 28.3 Å². The van der Waals surface area contributed by atoms with Crippen molar-refractivity contribution in [1.82, 2.24) is 4.90 Å². The van der Waals surface area contributed by atoms with Gasteiger partial charge in [0.15, 0.2) is 0 Å². The fourth-order valence-electron chi connectivity index (χ4n) is 3.06. The van der Waals surface area contributed by atoms with E-state index in [9.17, 15) is 0 Å². The number of piperidine rings is 1. The van der Waals surface area contributed by atoms with Crippen LogP contribution in [0.3, 0.4) is 0 Å². The minimum absolute atomic E-state index is 0.801. The molecule has 3 heteroatoms. The summed E-state index contributed by atoms with van der Waals surface area (Å²) in [5.74, 6) is 0. The van der Waals surface area contributed by atoms with E-state index in [0.29, 0.717) is 0 Å². The Hall–Kier alpha value is -0.290. The number of benzene rings is 1. The van der Waals surface area contributed by atoms with Crippen LogP contribution in [0.1, 0.15) is 19.3 Å². The van der Waals surface area contributed by atoms with Gasteiger partial charge in [0.05, 0.1) is 0 Å². The first kappa shape index (κ1) is 11.8. The van der Waals surface area contributed by atoms with Gasteiger partial charge in [-0.15, -0.1) is 0 Å². The molecule has 0 bridgehead atoms. The minimum Gasteiger partial charge on any atom is -0.369 e. The molecule has 3 rings (SSSR count). The van der Waals surface area contributed by atoms with Crippen molar-refractivity contribution in [3.63, 3.8) is 0 Å². The molecule has 2 saturated heterocycles. The zero-order valence-electron chi connectivity index (χ0n) is 10.1. The molecule has 92 valence electrons. The number of rotatable bonds is 1. The molecule has 2 aliphatic heterocycles. The normalized spacial score (nSPS) is 25.7. The summed E-state index contributed by atoms with van der Waals surface area (Å²) in [6.07, 6.45) is 4.21. The van der Waals surface area contributed by atoms with Crippen LogP contribution >= 0.6 is 22.6 Å². The third-order valence-corrected chi connectivity index (χ3v) is 4.68. The number of halogens is 1. The van der Waals surface area contributed by atoms with Gasteiger partial charge in [-0.3, -0.25) is 4.90 Å². The van der Waals surface area contributed by atoms with Crippen LogP contribution in [-0.4, -0.2) is 37.1 Å². The summed E-state index contributed by atoms with van der Waals surface area (Å²) in [4.78, 5) is 5.25. The van der Waals surface area contributed by atoms with Crippen LogP contribution in [-0.2, 0) is 0 Å². The second kappa shape index (κ2) is 5.14. The molecule has 0 saturated carbocycles. The van der Waals surface area contributed by atoms with Crippen molar-refractivity contribution in [3.8, 4) is 0 Å². The maximum atomic E-state index is 2.69. The number of hydrogen-bond donors (Lipinski definition) is 0. The molecule has 0 aromatic heterocycles. The van der Waals surface area contributed by atoms with E-state index in [4.69, 9.17) is 0 Å². The molecule has 1 atom stereocenters. The summed E-state index contributed by atoms with van der Waals surface area (Å²) in [6, 6.07) is 9.70. The van der Waals surface area contributed by atoms with Crippen molar-refractivity contribution in [2.45, 2.75) is 25.3 Å². The van der Waals surface area contributed by atoms with E-state index in [-0.39, 0.29) is 0 Å². The van der Waals surface area contributed by atoms with Gasteiger partial charge >= 0.3 is 0 Å². The number of fused-ring (bicyclic) bond motifs is 1. The molecule has 0 radical (unpaired) electrons. The number of anilines is 1.